The van der Waals surface area contributed by atoms with Crippen LogP contribution in [-0.4, -0.2) is 24.1 Å². The van der Waals surface area contributed by atoms with E-state index in [0.29, 0.717) is 5.69 Å². The van der Waals surface area contributed by atoms with Gasteiger partial charge in [-0.15, -0.1) is 0 Å². The molecule has 2 bridgehead atoms. The van der Waals surface area contributed by atoms with Gasteiger partial charge >= 0.3 is 0 Å². The number of ether oxygens (including phenoxy) is 1. The summed E-state index contributed by atoms with van der Waals surface area (Å²) in [6.07, 6.45) is 2.39. The van der Waals surface area contributed by atoms with Crippen LogP contribution >= 0.6 is 0 Å². The molecule has 2 heterocycles. The third-order valence-corrected chi connectivity index (χ3v) is 3.79. The van der Waals surface area contributed by atoms with E-state index in [9.17, 15) is 14.7 Å². The van der Waals surface area contributed by atoms with E-state index < -0.39 is 30.0 Å². The first-order chi connectivity index (χ1) is 9.56. The van der Waals surface area contributed by atoms with Gasteiger partial charge in [0.2, 0.25) is 5.91 Å². The maximum atomic E-state index is 12.3. The van der Waals surface area contributed by atoms with Crippen LogP contribution in [0.25, 0.3) is 0 Å². The van der Waals surface area contributed by atoms with E-state index in [-0.39, 0.29) is 5.91 Å². The molecule has 0 radical (unpaired) electrons. The molecular weight excluding hydrogens is 258 g/mol. The van der Waals surface area contributed by atoms with E-state index in [4.69, 9.17) is 4.74 Å². The first kappa shape index (κ1) is 12.9. The summed E-state index contributed by atoms with van der Waals surface area (Å²) in [5.41, 5.74) is 1.73. The Morgan fingerprint density at radius 1 is 1.10 bits per heavy atom. The van der Waals surface area contributed by atoms with Crippen molar-refractivity contribution in [2.45, 2.75) is 19.1 Å². The van der Waals surface area contributed by atoms with Crippen LogP contribution in [0.4, 0.5) is 5.69 Å². The number of fused-ring (bicyclic) bond motifs is 2. The second-order valence-corrected chi connectivity index (χ2v) is 5.18. The van der Waals surface area contributed by atoms with Crippen molar-refractivity contribution in [3.8, 4) is 0 Å². The number of hydrogen-bond acceptors (Lipinski definition) is 4. The highest BCUT2D eigenvalue weighted by Crippen LogP contribution is 2.39. The number of carbonyl (C=O) groups excluding carboxylic acids is 2. The number of anilines is 1. The van der Waals surface area contributed by atoms with Crippen molar-refractivity contribution in [1.82, 2.24) is 0 Å². The topological polar surface area (TPSA) is 78.5 Å². The van der Waals surface area contributed by atoms with Crippen LogP contribution in [0.1, 0.15) is 5.56 Å². The minimum atomic E-state index is -1.24. The van der Waals surface area contributed by atoms with Gasteiger partial charge in [-0.05, 0) is 19.1 Å². The molecule has 20 heavy (non-hydrogen) atoms. The number of aliphatic carboxylic acids is 1. The molecule has 1 saturated heterocycles. The fraction of sp³-hybridized carbons (Fsp3) is 0.333. The van der Waals surface area contributed by atoms with Gasteiger partial charge in [0.1, 0.15) is 0 Å². The number of rotatable bonds is 3. The zero-order chi connectivity index (χ0) is 14.3. The molecule has 1 aromatic rings. The van der Waals surface area contributed by atoms with Gasteiger partial charge in [0.05, 0.1) is 18.1 Å². The van der Waals surface area contributed by atoms with Crippen molar-refractivity contribution in [3.63, 3.8) is 0 Å². The van der Waals surface area contributed by atoms with Gasteiger partial charge in [-0.2, -0.15) is 0 Å². The van der Waals surface area contributed by atoms with Gasteiger partial charge in [-0.25, -0.2) is 0 Å². The van der Waals surface area contributed by atoms with Crippen LogP contribution in [0.3, 0.4) is 0 Å². The predicted molar refractivity (Wildman–Crippen MR) is 69.6 cm³/mol. The highest BCUT2D eigenvalue weighted by molar-refractivity contribution is 5.96. The molecule has 2 aliphatic rings. The standard InChI is InChI=1S/C15H15NO4/c1-8-2-4-9(5-3-8)16-14(17)12-10-6-7-11(20-10)13(12)15(18)19/h2-7,10-13H,1H3,(H,16,17)(H,18,19)/p-1/t10-,11+,12+,13+/m1/s1. The highest BCUT2D eigenvalue weighted by atomic mass is 16.5. The van der Waals surface area contributed by atoms with E-state index in [1.54, 1.807) is 24.3 Å². The number of amides is 1. The first-order valence-corrected chi connectivity index (χ1v) is 6.48. The molecule has 1 fully saturated rings. The van der Waals surface area contributed by atoms with Gasteiger partial charge in [0.25, 0.3) is 0 Å². The Morgan fingerprint density at radius 2 is 1.70 bits per heavy atom. The summed E-state index contributed by atoms with van der Waals surface area (Å²) in [6, 6.07) is 7.32. The van der Waals surface area contributed by atoms with Gasteiger partial charge in [0.15, 0.2) is 0 Å². The lowest BCUT2D eigenvalue weighted by molar-refractivity contribution is -0.313. The minimum Gasteiger partial charge on any atom is -0.550 e. The second kappa shape index (κ2) is 4.76. The fourth-order valence-electron chi connectivity index (χ4n) is 2.76. The van der Waals surface area contributed by atoms with Crippen molar-refractivity contribution in [1.29, 1.82) is 0 Å². The van der Waals surface area contributed by atoms with E-state index in [1.807, 2.05) is 19.1 Å². The summed E-state index contributed by atoms with van der Waals surface area (Å²) < 4.78 is 5.44. The molecule has 2 aliphatic heterocycles. The lowest BCUT2D eigenvalue weighted by Crippen LogP contribution is -2.45. The Morgan fingerprint density at radius 3 is 2.30 bits per heavy atom. The van der Waals surface area contributed by atoms with Crippen molar-refractivity contribution in [2.75, 3.05) is 5.32 Å². The van der Waals surface area contributed by atoms with Gasteiger partial charge in [-0.1, -0.05) is 29.8 Å². The number of carboxylic acids is 1. The van der Waals surface area contributed by atoms with E-state index in [0.717, 1.165) is 5.56 Å². The number of hydrogen-bond donors (Lipinski definition) is 1. The van der Waals surface area contributed by atoms with Crippen LogP contribution in [0.15, 0.2) is 36.4 Å². The van der Waals surface area contributed by atoms with Crippen LogP contribution in [0, 0.1) is 18.8 Å². The molecule has 5 nitrogen and oxygen atoms in total. The molecule has 0 aromatic heterocycles. The predicted octanol–water partition coefficient (Wildman–Crippen LogP) is 0.253. The van der Waals surface area contributed by atoms with Gasteiger partial charge < -0.3 is 20.0 Å². The lowest BCUT2D eigenvalue weighted by atomic mass is 9.82. The molecule has 4 atom stereocenters. The summed E-state index contributed by atoms with van der Waals surface area (Å²) in [6.45, 7) is 1.95. The Bertz CT molecular complexity index is 578. The summed E-state index contributed by atoms with van der Waals surface area (Å²) >= 11 is 0. The number of aryl methyl sites for hydroxylation is 1. The normalized spacial score (nSPS) is 30.4. The van der Waals surface area contributed by atoms with Crippen LogP contribution in [-0.2, 0) is 14.3 Å². The minimum absolute atomic E-state index is 0.347. The maximum absolute atomic E-state index is 12.3. The number of benzene rings is 1. The maximum Gasteiger partial charge on any atom is 0.231 e. The fourth-order valence-corrected chi connectivity index (χ4v) is 2.76. The van der Waals surface area contributed by atoms with Crippen LogP contribution in [0.2, 0.25) is 0 Å². The average molecular weight is 272 g/mol. The van der Waals surface area contributed by atoms with Crippen molar-refractivity contribution in [2.24, 2.45) is 11.8 Å². The monoisotopic (exact) mass is 272 g/mol. The van der Waals surface area contributed by atoms with Crippen LogP contribution in [0.5, 0.6) is 0 Å². The lowest BCUT2D eigenvalue weighted by Gasteiger charge is -2.24. The second-order valence-electron chi connectivity index (χ2n) is 5.18. The molecule has 104 valence electrons. The Hall–Kier alpha value is -2.14. The largest absolute Gasteiger partial charge is 0.550 e. The summed E-state index contributed by atoms with van der Waals surface area (Å²) in [5.74, 6) is -3.25. The SMILES string of the molecule is Cc1ccc(NC(=O)[C@@H]2[C@@H](C(=O)[O-])[C@@H]3C=C[C@H]2O3)cc1. The van der Waals surface area contributed by atoms with Gasteiger partial charge in [0, 0.05) is 17.6 Å². The molecule has 1 amide bonds. The summed E-state index contributed by atoms with van der Waals surface area (Å²) in [7, 11) is 0. The number of carboxylic acid groups (broad SMARTS) is 1. The quantitative estimate of drug-likeness (QED) is 0.800. The van der Waals surface area contributed by atoms with E-state index >= 15 is 0 Å². The Labute approximate surface area is 116 Å². The molecule has 1 N–H and O–H groups in total. The first-order valence-electron chi connectivity index (χ1n) is 6.48. The van der Waals surface area contributed by atoms with Crippen LogP contribution < -0.4 is 10.4 Å². The Kier molecular flexibility index (Phi) is 3.06. The zero-order valence-corrected chi connectivity index (χ0v) is 10.9. The molecule has 0 saturated carbocycles. The zero-order valence-electron chi connectivity index (χ0n) is 10.9. The number of carbonyl (C=O) groups is 2. The summed E-state index contributed by atoms with van der Waals surface area (Å²) in [4.78, 5) is 23.5. The molecule has 5 heteroatoms. The van der Waals surface area contributed by atoms with Crippen molar-refractivity contribution in [3.05, 3.63) is 42.0 Å². The third kappa shape index (κ3) is 2.10. The molecule has 3 rings (SSSR count). The number of nitrogens with one attached hydrogen (secondary N) is 1. The average Bonchev–Trinajstić information content (AvgIpc) is 3.01. The van der Waals surface area contributed by atoms with Gasteiger partial charge in [-0.3, -0.25) is 4.79 Å². The highest BCUT2D eigenvalue weighted by Gasteiger charge is 2.50. The summed E-state index contributed by atoms with van der Waals surface area (Å²) in [5, 5.41) is 13.9. The molecule has 0 aliphatic carbocycles. The van der Waals surface area contributed by atoms with Crippen molar-refractivity contribution >= 4 is 17.6 Å². The van der Waals surface area contributed by atoms with Crippen molar-refractivity contribution < 1.29 is 19.4 Å². The molecule has 0 spiro atoms. The van der Waals surface area contributed by atoms with E-state index in [2.05, 4.69) is 5.32 Å². The smallest absolute Gasteiger partial charge is 0.231 e. The Balaban J connectivity index is 1.78. The molecular formula is C15H14NO4-. The van der Waals surface area contributed by atoms with E-state index in [1.165, 1.54) is 0 Å². The molecule has 1 aromatic carbocycles. The third-order valence-electron chi connectivity index (χ3n) is 3.79. The molecule has 0 unspecified atom stereocenters.